The number of imidazole rings is 5. The molecule has 0 bridgehead atoms. The zero-order chi connectivity index (χ0) is 90.2. The van der Waals surface area contributed by atoms with Crippen LogP contribution in [0.15, 0.2) is 69.2 Å². The van der Waals surface area contributed by atoms with Crippen LogP contribution in [-0.2, 0) is 83.5 Å². The van der Waals surface area contributed by atoms with Crippen LogP contribution in [0.4, 0.5) is 11.6 Å². The van der Waals surface area contributed by atoms with E-state index in [0.29, 0.717) is 51.0 Å². The van der Waals surface area contributed by atoms with Gasteiger partial charge in [-0.3, -0.25) is 55.2 Å². The van der Waals surface area contributed by atoms with Crippen molar-refractivity contribution in [2.24, 2.45) is 11.5 Å². The first-order valence-corrected chi connectivity index (χ1v) is 45.0. The Balaban J connectivity index is 0.000000142. The molecular formula is C56H84N23O39P5S. The second-order valence-corrected chi connectivity index (χ2v) is 35.5. The molecule has 124 heavy (non-hydrogen) atoms. The predicted octanol–water partition coefficient (Wildman–Crippen LogP) is -9.43. The second-order valence-electron chi connectivity index (χ2n) is 27.9. The molecule has 29 N–H and O–H groups in total. The van der Waals surface area contributed by atoms with Crippen molar-refractivity contribution in [3.63, 3.8) is 0 Å². The number of aromatic nitrogens is 17. The van der Waals surface area contributed by atoms with Crippen LogP contribution in [0, 0.1) is 0 Å². The minimum atomic E-state index is -5.26. The van der Waals surface area contributed by atoms with Crippen LogP contribution >= 0.6 is 39.1 Å². The molecule has 0 radical (unpaired) electrons. The van der Waals surface area contributed by atoms with Crippen LogP contribution in [0.3, 0.4) is 0 Å². The van der Waals surface area contributed by atoms with Gasteiger partial charge in [-0.05, 0) is 12.8 Å². The first kappa shape index (κ1) is 96.1. The van der Waals surface area contributed by atoms with Crippen molar-refractivity contribution in [2.75, 3.05) is 50.8 Å². The summed E-state index contributed by atoms with van der Waals surface area (Å²) in [5, 5.41) is 117. The summed E-state index contributed by atoms with van der Waals surface area (Å²) in [5.74, 6) is 0.667. The number of aliphatic hydroxyl groups excluding tert-OH is 11. The van der Waals surface area contributed by atoms with Crippen LogP contribution in [0.2, 0.25) is 0 Å². The van der Waals surface area contributed by atoms with Crippen molar-refractivity contribution in [2.45, 2.75) is 173 Å². The lowest BCUT2D eigenvalue weighted by Gasteiger charge is -2.30. The minimum absolute atomic E-state index is 0.0789. The third-order valence-corrected chi connectivity index (χ3v) is 23.5. The monoisotopic (exact) mass is 1890 g/mol. The number of hydrogen-bond acceptors (Lipinski definition) is 47. The normalized spacial score (nSPS) is 30.9. The molecule has 1 aliphatic carbocycles. The standard InChI is InChI=1S/C15H22N5O7P.C12H14N5O7P.C10H14N5O10PS.C10H13N4O7P.C9H21N4O8P/c21-11-9(5-26-28(23,24)25)27-15(12(11)22)20-7-18-10-13(16-6-17-14(10)20)19-8-3-1-2-4-8;18-8-6(3-23-25(20,21)22)24-12(9(8)19)17-5-14-7-10-13-1-2-16(10)4-15-11(7)17;11-8-5-9(13-2-12-8)15(3-14-5)10-7(17)6(16)4(24-10)1-23-26(18,19)25-27(20,21)22;15-7-6(2-20-22(17,18)19)21-10(8(7)16)14-4-13-5-1-11-3-12-9(5)14;10-7-4(8(11)16)12-2-13(7)9-6(15)5(14)3(21-9)1-20-22(17,18)19/h6-9,11-12,15,21-22H,1-5H2,(H,16,17,19)(H2,23,24,25);1-2,4-6,8-9,12,18-19H,3H2,(H2,20,21,22);2-4,6-7,10,16-17H,1H2,(H,18,19)(H2,11,12,13)(H,20,21,22);1,3-4,6-8,10,15-16H,2H2,(H2,17,18,19);3-9,12,14-16H,1-2,10-11H2,(H2,17,18,19). The summed E-state index contributed by atoms with van der Waals surface area (Å²) in [6.07, 6.45) is -7.32. The summed E-state index contributed by atoms with van der Waals surface area (Å²) < 4.78 is 144. The molecule has 7 fully saturated rings. The van der Waals surface area contributed by atoms with Gasteiger partial charge in [0.05, 0.1) is 83.4 Å². The van der Waals surface area contributed by atoms with Gasteiger partial charge >= 0.3 is 49.5 Å². The Kier molecular flexibility index (Phi) is 30.3. The van der Waals surface area contributed by atoms with Crippen molar-refractivity contribution in [3.8, 4) is 0 Å². The first-order valence-electron chi connectivity index (χ1n) is 36.0. The maximum Gasteiger partial charge on any atom is 0.488 e. The molecule has 16 rings (SSSR count). The summed E-state index contributed by atoms with van der Waals surface area (Å²) >= 11 is 0. The summed E-state index contributed by atoms with van der Waals surface area (Å²) in [6.45, 7) is -3.03. The highest BCUT2D eigenvalue weighted by atomic mass is 32.3. The highest BCUT2D eigenvalue weighted by molar-refractivity contribution is 7.85. The van der Waals surface area contributed by atoms with E-state index in [1.165, 1.54) is 86.5 Å². The number of nitrogen functional groups attached to an aromatic ring is 1. The number of phosphoric ester groups is 5. The Morgan fingerprint density at radius 3 is 1.33 bits per heavy atom. The highest BCUT2D eigenvalue weighted by Gasteiger charge is 2.53. The maximum absolute atomic E-state index is 11.4. The molecule has 7 aliphatic rings. The van der Waals surface area contributed by atoms with Crippen LogP contribution in [0.5, 0.6) is 0 Å². The zero-order valence-electron chi connectivity index (χ0n) is 62.9. The lowest BCUT2D eigenvalue weighted by atomic mass is 10.1. The largest absolute Gasteiger partial charge is 0.488 e. The number of ether oxygens (including phenoxy) is 5. The molecule has 9 aromatic heterocycles. The number of fused-ring (bicyclic) bond motifs is 6. The average molecular weight is 1890 g/mol. The Bertz CT molecular complexity index is 5510. The molecule has 62 nitrogen and oxygen atoms in total. The number of rotatable bonds is 25. The molecule has 1 saturated carbocycles. The third kappa shape index (κ3) is 23.0. The molecule has 0 spiro atoms. The smallest absolute Gasteiger partial charge is 0.387 e. The van der Waals surface area contributed by atoms with Gasteiger partial charge in [0.2, 0.25) is 0 Å². The molecule has 6 aliphatic heterocycles. The van der Waals surface area contributed by atoms with Crippen molar-refractivity contribution >= 4 is 111 Å². The van der Waals surface area contributed by atoms with Gasteiger partial charge in [-0.15, -0.1) is 3.97 Å². The highest BCUT2D eigenvalue weighted by Crippen LogP contribution is 2.47. The van der Waals surface area contributed by atoms with Gasteiger partial charge in [0.15, 0.2) is 75.8 Å². The van der Waals surface area contributed by atoms with Crippen LogP contribution < -0.4 is 27.8 Å². The van der Waals surface area contributed by atoms with E-state index in [0.717, 1.165) is 19.2 Å². The first-order chi connectivity index (χ1) is 58.1. The number of phosphoric acid groups is 5. The lowest BCUT2D eigenvalue weighted by molar-refractivity contribution is -0.104. The Hall–Kier alpha value is -7.00. The van der Waals surface area contributed by atoms with Gasteiger partial charge in [0, 0.05) is 18.4 Å². The predicted molar refractivity (Wildman–Crippen MR) is 399 cm³/mol. The van der Waals surface area contributed by atoms with Gasteiger partial charge in [-0.2, -0.15) is 8.42 Å². The quantitative estimate of drug-likeness (QED) is 0.0144. The molecular weight excluding hydrogens is 1810 g/mol. The Morgan fingerprint density at radius 1 is 0.484 bits per heavy atom. The molecule has 0 aromatic carbocycles. The van der Waals surface area contributed by atoms with Crippen molar-refractivity contribution in [1.82, 2.24) is 92.7 Å². The number of anilines is 2. The summed E-state index contributed by atoms with van der Waals surface area (Å²) in [6, 6.07) is -0.328. The van der Waals surface area contributed by atoms with E-state index < -0.39 is 224 Å². The van der Waals surface area contributed by atoms with E-state index in [1.807, 2.05) is 0 Å². The number of aliphatic hydroxyl groups is 11. The molecule has 68 heteroatoms. The van der Waals surface area contributed by atoms with E-state index in [9.17, 15) is 92.3 Å². The van der Waals surface area contributed by atoms with Crippen LogP contribution in [0.1, 0.15) is 50.6 Å². The third-order valence-electron chi connectivity index (χ3n) is 19.6. The topological polar surface area (TPSA) is 930 Å². The second kappa shape index (κ2) is 39.1. The van der Waals surface area contributed by atoms with Crippen molar-refractivity contribution in [3.05, 3.63) is 69.2 Å². The fraction of sp³-hybridized carbons (Fsp3) is 0.607. The van der Waals surface area contributed by atoms with Gasteiger partial charge in [-0.1, -0.05) is 12.8 Å². The van der Waals surface area contributed by atoms with E-state index in [-0.39, 0.29) is 23.7 Å². The maximum atomic E-state index is 11.4. The van der Waals surface area contributed by atoms with E-state index in [2.05, 4.69) is 97.0 Å². The van der Waals surface area contributed by atoms with Gasteiger partial charge < -0.3 is 146 Å². The minimum Gasteiger partial charge on any atom is -0.387 e. The van der Waals surface area contributed by atoms with Crippen molar-refractivity contribution < 1.29 is 186 Å². The Morgan fingerprint density at radius 2 is 0.879 bits per heavy atom. The average Bonchev–Trinajstić information content (AvgIpc) is 1.52. The fourth-order valence-electron chi connectivity index (χ4n) is 13.7. The molecule has 0 amide bonds. The lowest BCUT2D eigenvalue weighted by Crippen LogP contribution is -2.56. The molecule has 6 saturated heterocycles. The van der Waals surface area contributed by atoms with Crippen LogP contribution in [0.25, 0.3) is 50.3 Å². The zero-order valence-corrected chi connectivity index (χ0v) is 68.2. The van der Waals surface area contributed by atoms with Gasteiger partial charge in [0.1, 0.15) is 140 Å². The van der Waals surface area contributed by atoms with Gasteiger partial charge in [0.25, 0.3) is 0 Å². The van der Waals surface area contributed by atoms with E-state index in [1.54, 1.807) is 16.8 Å². The number of hydrogen-bond donors (Lipinski definition) is 26. The van der Waals surface area contributed by atoms with E-state index >= 15 is 0 Å². The molecule has 24 atom stereocenters. The molecule has 15 heterocycles. The summed E-state index contributed by atoms with van der Waals surface area (Å²) in [7, 11) is -29.3. The molecule has 24 unspecified atom stereocenters. The SMILES string of the molecule is NC(O)C1NCN(C2OC(COP(=O)(O)O)C(O)C2O)C1N.Nc1ncnc2c1ncn2C1OC(COP(=O)(O)OS(=O)(=O)O)C(O)C1O.O=P(O)(O)OCC1OC(n2cnc3c(NC4CCCC4)ncnc32)C(O)C1O.O=P(O)(O)OCC1OC(n2cnc3c2ncn2ccnc32)C(O)C1O.O=P(O)(O)OCC1OC(n2cnc3cncnc32)C(O)C1O. The summed E-state index contributed by atoms with van der Waals surface area (Å²) in [4.78, 5) is 129. The molecule has 688 valence electrons. The van der Waals surface area contributed by atoms with Gasteiger partial charge in [-0.25, -0.2) is 87.5 Å². The Labute approximate surface area is 692 Å². The fourth-order valence-corrected chi connectivity index (χ4v) is 16.5. The molecule has 9 aromatic rings. The number of nitrogens with zero attached hydrogens (tertiary/aromatic N) is 18. The number of nitrogens with two attached hydrogens (primary N) is 3. The van der Waals surface area contributed by atoms with Crippen LogP contribution in [-0.4, -0.2) is 363 Å². The van der Waals surface area contributed by atoms with E-state index in [4.69, 9.17) is 84.6 Å². The number of nitrogens with one attached hydrogen (secondary N) is 2. The summed E-state index contributed by atoms with van der Waals surface area (Å²) in [5.41, 5.74) is 20.5. The van der Waals surface area contributed by atoms with Crippen molar-refractivity contribution in [1.29, 1.82) is 0 Å².